The van der Waals surface area contributed by atoms with Gasteiger partial charge in [-0.2, -0.15) is 0 Å². The van der Waals surface area contributed by atoms with Gasteiger partial charge in [0.1, 0.15) is 19.0 Å². The van der Waals surface area contributed by atoms with Gasteiger partial charge in [-0.05, 0) is 24.3 Å². The highest BCUT2D eigenvalue weighted by Crippen LogP contribution is 2.32. The van der Waals surface area contributed by atoms with Gasteiger partial charge in [0, 0.05) is 24.7 Å². The number of carbonyl (C=O) groups is 3. The molecule has 1 fully saturated rings. The molecule has 0 bridgehead atoms. The molecule has 0 unspecified atom stereocenters. The minimum absolute atomic E-state index is 0.0589. The molecule has 0 radical (unpaired) electrons. The number of nitrogens with one attached hydrogen (secondary N) is 1. The quantitative estimate of drug-likeness (QED) is 0.734. The number of esters is 1. The number of likely N-dealkylation sites (tertiary alicyclic amines) is 1. The molecule has 152 valence electrons. The Hall–Kier alpha value is -3.49. The van der Waals surface area contributed by atoms with E-state index in [0.717, 1.165) is 0 Å². The molecule has 0 aliphatic carbocycles. The number of nitrogens with zero attached hydrogens (tertiary/aromatic N) is 1. The molecule has 9 heteroatoms. The van der Waals surface area contributed by atoms with Crippen LogP contribution < -0.4 is 14.8 Å². The summed E-state index contributed by atoms with van der Waals surface area (Å²) in [5.41, 5.74) is 0.510. The van der Waals surface area contributed by atoms with Gasteiger partial charge < -0.3 is 28.8 Å². The van der Waals surface area contributed by atoms with Gasteiger partial charge in [-0.15, -0.1) is 0 Å². The van der Waals surface area contributed by atoms with Crippen molar-refractivity contribution in [3.05, 3.63) is 42.4 Å². The number of amides is 2. The standard InChI is InChI=1S/C20H20N2O7/c23-18(21-14-3-4-16-17(9-14)28-7-6-27-16)12-29-20(25)13-8-19(24)22(10-13)11-15-2-1-5-26-15/h1-5,9,13H,6-8,10-12H2,(H,21,23)/t13-/m0/s1. The van der Waals surface area contributed by atoms with E-state index in [2.05, 4.69) is 5.32 Å². The second-order valence-corrected chi connectivity index (χ2v) is 6.77. The third-order valence-corrected chi connectivity index (χ3v) is 4.65. The highest BCUT2D eigenvalue weighted by Gasteiger charge is 2.35. The molecule has 2 amide bonds. The third-order valence-electron chi connectivity index (χ3n) is 4.65. The molecule has 1 aromatic heterocycles. The van der Waals surface area contributed by atoms with Crippen molar-refractivity contribution >= 4 is 23.5 Å². The Morgan fingerprint density at radius 2 is 2.00 bits per heavy atom. The van der Waals surface area contributed by atoms with Crippen molar-refractivity contribution in [1.29, 1.82) is 0 Å². The van der Waals surface area contributed by atoms with E-state index in [1.54, 1.807) is 35.2 Å². The van der Waals surface area contributed by atoms with Gasteiger partial charge in [-0.1, -0.05) is 0 Å². The molecule has 0 saturated carbocycles. The fraction of sp³-hybridized carbons (Fsp3) is 0.350. The van der Waals surface area contributed by atoms with Crippen molar-refractivity contribution in [3.63, 3.8) is 0 Å². The van der Waals surface area contributed by atoms with E-state index < -0.39 is 24.4 Å². The summed E-state index contributed by atoms with van der Waals surface area (Å²) in [7, 11) is 0. The van der Waals surface area contributed by atoms with E-state index in [9.17, 15) is 14.4 Å². The Balaban J connectivity index is 1.25. The van der Waals surface area contributed by atoms with Gasteiger partial charge in [0.15, 0.2) is 18.1 Å². The second kappa shape index (κ2) is 8.26. The summed E-state index contributed by atoms with van der Waals surface area (Å²) in [6, 6.07) is 8.53. The van der Waals surface area contributed by atoms with Gasteiger partial charge in [-0.25, -0.2) is 0 Å². The normalized spacial score (nSPS) is 17.9. The highest BCUT2D eigenvalue weighted by molar-refractivity contribution is 5.94. The lowest BCUT2D eigenvalue weighted by Crippen LogP contribution is -2.28. The first-order valence-corrected chi connectivity index (χ1v) is 9.25. The van der Waals surface area contributed by atoms with Crippen molar-refractivity contribution in [2.75, 3.05) is 31.7 Å². The van der Waals surface area contributed by atoms with Crippen molar-refractivity contribution < 1.29 is 33.0 Å². The van der Waals surface area contributed by atoms with Gasteiger partial charge in [0.05, 0.1) is 18.7 Å². The van der Waals surface area contributed by atoms with Gasteiger partial charge in [0.25, 0.3) is 5.91 Å². The summed E-state index contributed by atoms with van der Waals surface area (Å²) in [5, 5.41) is 2.64. The lowest BCUT2D eigenvalue weighted by Gasteiger charge is -2.19. The SMILES string of the molecule is O=C(COC(=O)[C@H]1CC(=O)N(Cc2ccco2)C1)Nc1ccc2c(c1)OCCO2. The van der Waals surface area contributed by atoms with Crippen LogP contribution in [0.1, 0.15) is 12.2 Å². The number of fused-ring (bicyclic) bond motifs is 1. The Labute approximate surface area is 166 Å². The Morgan fingerprint density at radius 1 is 1.17 bits per heavy atom. The van der Waals surface area contributed by atoms with Gasteiger partial charge in [-0.3, -0.25) is 14.4 Å². The maximum atomic E-state index is 12.2. The van der Waals surface area contributed by atoms with Crippen molar-refractivity contribution in [3.8, 4) is 11.5 Å². The molecule has 2 aliphatic rings. The van der Waals surface area contributed by atoms with Crippen LogP contribution >= 0.6 is 0 Å². The number of carbonyl (C=O) groups excluding carboxylic acids is 3. The lowest BCUT2D eigenvalue weighted by atomic mass is 10.1. The van der Waals surface area contributed by atoms with Crippen LogP contribution in [0.2, 0.25) is 0 Å². The van der Waals surface area contributed by atoms with Gasteiger partial charge >= 0.3 is 5.97 Å². The van der Waals surface area contributed by atoms with Crippen molar-refractivity contribution in [1.82, 2.24) is 4.90 Å². The van der Waals surface area contributed by atoms with Gasteiger partial charge in [0.2, 0.25) is 5.91 Å². The monoisotopic (exact) mass is 400 g/mol. The fourth-order valence-electron chi connectivity index (χ4n) is 3.25. The molecule has 1 aromatic carbocycles. The molecule has 2 aliphatic heterocycles. The molecule has 0 spiro atoms. The van der Waals surface area contributed by atoms with Crippen molar-refractivity contribution in [2.45, 2.75) is 13.0 Å². The van der Waals surface area contributed by atoms with Crippen LogP contribution in [-0.4, -0.2) is 49.0 Å². The number of ether oxygens (including phenoxy) is 3. The minimum atomic E-state index is -0.598. The molecule has 1 atom stereocenters. The zero-order valence-corrected chi connectivity index (χ0v) is 15.6. The second-order valence-electron chi connectivity index (χ2n) is 6.77. The van der Waals surface area contributed by atoms with Crippen LogP contribution in [0.3, 0.4) is 0 Å². The van der Waals surface area contributed by atoms with Crippen LogP contribution in [0.5, 0.6) is 11.5 Å². The minimum Gasteiger partial charge on any atom is -0.486 e. The molecule has 4 rings (SSSR count). The molecule has 29 heavy (non-hydrogen) atoms. The number of anilines is 1. The fourth-order valence-corrected chi connectivity index (χ4v) is 3.25. The average molecular weight is 400 g/mol. The maximum absolute atomic E-state index is 12.2. The molecule has 9 nitrogen and oxygen atoms in total. The van der Waals surface area contributed by atoms with Crippen LogP contribution in [0.4, 0.5) is 5.69 Å². The first-order valence-electron chi connectivity index (χ1n) is 9.25. The smallest absolute Gasteiger partial charge is 0.311 e. The zero-order valence-electron chi connectivity index (χ0n) is 15.6. The summed E-state index contributed by atoms with van der Waals surface area (Å²) in [5.74, 6) is 0.0112. The number of rotatable bonds is 6. The summed E-state index contributed by atoms with van der Waals surface area (Å²) in [6.45, 7) is 1.04. The summed E-state index contributed by atoms with van der Waals surface area (Å²) in [4.78, 5) is 38.0. The van der Waals surface area contributed by atoms with E-state index in [0.29, 0.717) is 42.7 Å². The first-order chi connectivity index (χ1) is 14.1. The number of benzene rings is 1. The Kier molecular flexibility index (Phi) is 5.37. The first kappa shape index (κ1) is 18.9. The van der Waals surface area contributed by atoms with Crippen LogP contribution in [0.15, 0.2) is 41.0 Å². The third kappa shape index (κ3) is 4.50. The maximum Gasteiger partial charge on any atom is 0.311 e. The largest absolute Gasteiger partial charge is 0.486 e. The van der Waals surface area contributed by atoms with Crippen LogP contribution in [0, 0.1) is 5.92 Å². The zero-order chi connectivity index (χ0) is 20.2. The lowest BCUT2D eigenvalue weighted by molar-refractivity contribution is -0.151. The molecule has 2 aromatic rings. The van der Waals surface area contributed by atoms with Crippen LogP contribution in [0.25, 0.3) is 0 Å². The van der Waals surface area contributed by atoms with E-state index >= 15 is 0 Å². The average Bonchev–Trinajstić information content (AvgIpc) is 3.36. The van der Waals surface area contributed by atoms with E-state index in [-0.39, 0.29) is 18.9 Å². The Bertz CT molecular complexity index is 910. The highest BCUT2D eigenvalue weighted by atomic mass is 16.6. The number of hydrogen-bond donors (Lipinski definition) is 1. The van der Waals surface area contributed by atoms with Crippen LogP contribution in [-0.2, 0) is 25.7 Å². The number of furan rings is 1. The molecular weight excluding hydrogens is 380 g/mol. The molecule has 1 saturated heterocycles. The number of hydrogen-bond acceptors (Lipinski definition) is 7. The summed E-state index contributed by atoms with van der Waals surface area (Å²) < 4.78 is 21.2. The summed E-state index contributed by atoms with van der Waals surface area (Å²) in [6.07, 6.45) is 1.59. The molecule has 3 heterocycles. The molecule has 1 N–H and O–H groups in total. The van der Waals surface area contributed by atoms with E-state index in [1.807, 2.05) is 0 Å². The summed E-state index contributed by atoms with van der Waals surface area (Å²) >= 11 is 0. The van der Waals surface area contributed by atoms with Crippen molar-refractivity contribution in [2.24, 2.45) is 5.92 Å². The predicted molar refractivity (Wildman–Crippen MR) is 99.3 cm³/mol. The van der Waals surface area contributed by atoms with E-state index in [1.165, 1.54) is 6.26 Å². The molecular formula is C20H20N2O7. The predicted octanol–water partition coefficient (Wildman–Crippen LogP) is 1.58. The van der Waals surface area contributed by atoms with E-state index in [4.69, 9.17) is 18.6 Å². The Morgan fingerprint density at radius 3 is 2.79 bits per heavy atom. The topological polar surface area (TPSA) is 107 Å².